The lowest BCUT2D eigenvalue weighted by molar-refractivity contribution is 0.195. The number of hydrogen-bond acceptors (Lipinski definition) is 2. The molecule has 0 bridgehead atoms. The maximum absolute atomic E-state index is 5.34. The van der Waals surface area contributed by atoms with E-state index in [2.05, 4.69) is 43.4 Å². The fraction of sp³-hybridized carbons (Fsp3) is 0.538. The molecule has 2 rings (SSSR count). The van der Waals surface area contributed by atoms with Crippen LogP contribution in [0.3, 0.4) is 0 Å². The van der Waals surface area contributed by atoms with Crippen molar-refractivity contribution in [2.24, 2.45) is 0 Å². The Hall–Kier alpha value is -1.02. The Kier molecular flexibility index (Phi) is 3.27. The standard InChI is InChI=1S/C13H19NO/c1-10(2)11-4-3-5-12(8-11)14-13-6-7-15-9-13/h3-5,8,10,13-14H,6-7,9H2,1-2H3. The smallest absolute Gasteiger partial charge is 0.0668 e. The second-order valence-corrected chi connectivity index (χ2v) is 4.49. The second kappa shape index (κ2) is 4.67. The monoisotopic (exact) mass is 205 g/mol. The van der Waals surface area contributed by atoms with Crippen LogP contribution >= 0.6 is 0 Å². The van der Waals surface area contributed by atoms with E-state index in [0.717, 1.165) is 19.6 Å². The maximum Gasteiger partial charge on any atom is 0.0668 e. The molecule has 0 aromatic heterocycles. The summed E-state index contributed by atoms with van der Waals surface area (Å²) in [6.07, 6.45) is 1.12. The van der Waals surface area contributed by atoms with Crippen molar-refractivity contribution in [3.63, 3.8) is 0 Å². The summed E-state index contributed by atoms with van der Waals surface area (Å²) >= 11 is 0. The second-order valence-electron chi connectivity index (χ2n) is 4.49. The predicted molar refractivity (Wildman–Crippen MR) is 63.4 cm³/mol. The lowest BCUT2D eigenvalue weighted by Gasteiger charge is -2.14. The first-order valence-corrected chi connectivity index (χ1v) is 5.70. The van der Waals surface area contributed by atoms with E-state index in [9.17, 15) is 0 Å². The van der Waals surface area contributed by atoms with Crippen molar-refractivity contribution in [2.75, 3.05) is 18.5 Å². The van der Waals surface area contributed by atoms with Gasteiger partial charge in [0, 0.05) is 12.3 Å². The van der Waals surface area contributed by atoms with Crippen LogP contribution in [-0.4, -0.2) is 19.3 Å². The molecule has 1 fully saturated rings. The molecule has 0 saturated carbocycles. The summed E-state index contributed by atoms with van der Waals surface area (Å²) < 4.78 is 5.34. The first-order chi connectivity index (χ1) is 7.25. The largest absolute Gasteiger partial charge is 0.380 e. The van der Waals surface area contributed by atoms with E-state index in [1.54, 1.807) is 0 Å². The zero-order chi connectivity index (χ0) is 10.7. The van der Waals surface area contributed by atoms with Crippen molar-refractivity contribution in [2.45, 2.75) is 32.2 Å². The van der Waals surface area contributed by atoms with Crippen molar-refractivity contribution >= 4 is 5.69 Å². The minimum absolute atomic E-state index is 0.493. The lowest BCUT2D eigenvalue weighted by atomic mass is 10.0. The molecule has 1 N–H and O–H groups in total. The number of anilines is 1. The normalized spacial score (nSPS) is 20.9. The van der Waals surface area contributed by atoms with Crippen LogP contribution in [0.15, 0.2) is 24.3 Å². The maximum atomic E-state index is 5.34. The highest BCUT2D eigenvalue weighted by molar-refractivity contribution is 5.47. The Morgan fingerprint density at radius 2 is 2.27 bits per heavy atom. The topological polar surface area (TPSA) is 21.3 Å². The molecule has 1 atom stereocenters. The fourth-order valence-corrected chi connectivity index (χ4v) is 1.87. The van der Waals surface area contributed by atoms with Crippen LogP contribution in [0.5, 0.6) is 0 Å². The van der Waals surface area contributed by atoms with Crippen LogP contribution in [0.4, 0.5) is 5.69 Å². The molecule has 1 saturated heterocycles. The zero-order valence-corrected chi connectivity index (χ0v) is 9.49. The van der Waals surface area contributed by atoms with Crippen molar-refractivity contribution in [1.82, 2.24) is 0 Å². The van der Waals surface area contributed by atoms with Crippen LogP contribution in [0, 0.1) is 0 Å². The number of hydrogen-bond donors (Lipinski definition) is 1. The molecular formula is C13H19NO. The van der Waals surface area contributed by atoms with Crippen molar-refractivity contribution in [3.8, 4) is 0 Å². The lowest BCUT2D eigenvalue weighted by Crippen LogP contribution is -2.18. The minimum atomic E-state index is 0.493. The van der Waals surface area contributed by atoms with E-state index in [1.165, 1.54) is 11.3 Å². The summed E-state index contributed by atoms with van der Waals surface area (Å²) in [4.78, 5) is 0. The number of benzene rings is 1. The van der Waals surface area contributed by atoms with E-state index >= 15 is 0 Å². The molecule has 1 aromatic carbocycles. The van der Waals surface area contributed by atoms with Gasteiger partial charge >= 0.3 is 0 Å². The molecule has 15 heavy (non-hydrogen) atoms. The summed E-state index contributed by atoms with van der Waals surface area (Å²) in [5.74, 6) is 0.589. The summed E-state index contributed by atoms with van der Waals surface area (Å²) in [6.45, 7) is 6.17. The first kappa shape index (κ1) is 10.5. The fourth-order valence-electron chi connectivity index (χ4n) is 1.87. The summed E-state index contributed by atoms with van der Waals surface area (Å²) in [5, 5.41) is 3.51. The van der Waals surface area contributed by atoms with E-state index in [0.29, 0.717) is 12.0 Å². The molecule has 0 spiro atoms. The molecule has 0 aliphatic carbocycles. The minimum Gasteiger partial charge on any atom is -0.380 e. The van der Waals surface area contributed by atoms with E-state index < -0.39 is 0 Å². The van der Waals surface area contributed by atoms with Gasteiger partial charge in [0.25, 0.3) is 0 Å². The van der Waals surface area contributed by atoms with E-state index in [-0.39, 0.29) is 0 Å². The SMILES string of the molecule is CC(C)c1cccc(NC2CCOC2)c1. The van der Waals surface area contributed by atoms with Gasteiger partial charge in [-0.05, 0) is 30.0 Å². The quantitative estimate of drug-likeness (QED) is 0.819. The molecule has 1 aromatic rings. The molecular weight excluding hydrogens is 186 g/mol. The van der Waals surface area contributed by atoms with Gasteiger partial charge in [-0.1, -0.05) is 26.0 Å². The van der Waals surface area contributed by atoms with Crippen molar-refractivity contribution in [1.29, 1.82) is 0 Å². The zero-order valence-electron chi connectivity index (χ0n) is 9.49. The van der Waals surface area contributed by atoms with Gasteiger partial charge in [0.15, 0.2) is 0 Å². The first-order valence-electron chi connectivity index (χ1n) is 5.70. The third kappa shape index (κ3) is 2.72. The Morgan fingerprint density at radius 3 is 2.93 bits per heavy atom. The molecule has 1 heterocycles. The number of ether oxygens (including phenoxy) is 1. The summed E-state index contributed by atoms with van der Waals surface area (Å²) in [7, 11) is 0. The van der Waals surface area contributed by atoms with Crippen LogP contribution < -0.4 is 5.32 Å². The van der Waals surface area contributed by atoms with Crippen molar-refractivity contribution < 1.29 is 4.74 Å². The third-order valence-corrected chi connectivity index (χ3v) is 2.85. The molecule has 0 radical (unpaired) electrons. The number of nitrogens with one attached hydrogen (secondary N) is 1. The highest BCUT2D eigenvalue weighted by Gasteiger charge is 2.14. The molecule has 82 valence electrons. The highest BCUT2D eigenvalue weighted by Crippen LogP contribution is 2.20. The molecule has 0 amide bonds. The van der Waals surface area contributed by atoms with Crippen molar-refractivity contribution in [3.05, 3.63) is 29.8 Å². The summed E-state index contributed by atoms with van der Waals surface area (Å²) in [5.41, 5.74) is 2.61. The third-order valence-electron chi connectivity index (χ3n) is 2.85. The molecule has 1 aliphatic rings. The van der Waals surface area contributed by atoms with Gasteiger partial charge in [0.1, 0.15) is 0 Å². The predicted octanol–water partition coefficient (Wildman–Crippen LogP) is 3.01. The van der Waals surface area contributed by atoms with Gasteiger partial charge in [-0.3, -0.25) is 0 Å². The van der Waals surface area contributed by atoms with E-state index in [4.69, 9.17) is 4.74 Å². The number of rotatable bonds is 3. The van der Waals surface area contributed by atoms with Gasteiger partial charge in [-0.25, -0.2) is 0 Å². The van der Waals surface area contributed by atoms with Gasteiger partial charge in [-0.2, -0.15) is 0 Å². The summed E-state index contributed by atoms with van der Waals surface area (Å²) in [6, 6.07) is 9.16. The van der Waals surface area contributed by atoms with Crippen LogP contribution in [-0.2, 0) is 4.74 Å². The van der Waals surface area contributed by atoms with Gasteiger partial charge < -0.3 is 10.1 Å². The van der Waals surface area contributed by atoms with Crippen LogP contribution in [0.25, 0.3) is 0 Å². The molecule has 1 unspecified atom stereocenters. The Labute approximate surface area is 91.6 Å². The van der Waals surface area contributed by atoms with E-state index in [1.807, 2.05) is 0 Å². The molecule has 2 heteroatoms. The highest BCUT2D eigenvalue weighted by atomic mass is 16.5. The van der Waals surface area contributed by atoms with Gasteiger partial charge in [-0.15, -0.1) is 0 Å². The van der Waals surface area contributed by atoms with Gasteiger partial charge in [0.2, 0.25) is 0 Å². The average Bonchev–Trinajstić information content (AvgIpc) is 2.71. The Morgan fingerprint density at radius 1 is 1.40 bits per heavy atom. The Bertz CT molecular complexity index is 316. The molecule has 1 aliphatic heterocycles. The average molecular weight is 205 g/mol. The molecule has 2 nitrogen and oxygen atoms in total. The van der Waals surface area contributed by atoms with Gasteiger partial charge in [0.05, 0.1) is 12.6 Å². The van der Waals surface area contributed by atoms with Crippen LogP contribution in [0.1, 0.15) is 31.7 Å². The van der Waals surface area contributed by atoms with Crippen LogP contribution in [0.2, 0.25) is 0 Å². The Balaban J connectivity index is 2.04.